The Morgan fingerprint density at radius 1 is 1.14 bits per heavy atom. The highest BCUT2D eigenvalue weighted by molar-refractivity contribution is 6.30. The number of ether oxygens (including phenoxy) is 1. The fraction of sp³-hybridized carbons (Fsp3) is 0.444. The van der Waals surface area contributed by atoms with Crippen molar-refractivity contribution in [2.75, 3.05) is 12.4 Å². The summed E-state index contributed by atoms with van der Waals surface area (Å²) in [6.07, 6.45) is 6.93. The lowest BCUT2D eigenvalue weighted by Crippen LogP contribution is -2.28. The van der Waals surface area contributed by atoms with Gasteiger partial charge in [-0.3, -0.25) is 4.79 Å². The summed E-state index contributed by atoms with van der Waals surface area (Å²) in [5.41, 5.74) is 2.61. The molecule has 0 spiro atoms. The van der Waals surface area contributed by atoms with E-state index in [1.54, 1.807) is 22.9 Å². The maximum Gasteiger partial charge on any atom is 0.354 e. The number of aryl methyl sites for hydroxylation is 1. The van der Waals surface area contributed by atoms with Crippen LogP contribution in [0.25, 0.3) is 0 Å². The van der Waals surface area contributed by atoms with Crippen LogP contribution in [0, 0.1) is 0 Å². The molecule has 0 radical (unpaired) electrons. The van der Waals surface area contributed by atoms with Crippen LogP contribution in [0.4, 0.5) is 5.69 Å². The quantitative estimate of drug-likeness (QED) is 0.298. The van der Waals surface area contributed by atoms with Crippen LogP contribution in [0.3, 0.4) is 0 Å². The second kappa shape index (κ2) is 13.3. The lowest BCUT2D eigenvalue weighted by Gasteiger charge is -2.20. The minimum atomic E-state index is -0.532. The van der Waals surface area contributed by atoms with E-state index in [9.17, 15) is 14.7 Å². The second-order valence-electron chi connectivity index (χ2n) is 8.75. The van der Waals surface area contributed by atoms with Gasteiger partial charge in [-0.15, -0.1) is 0 Å². The number of aliphatic hydroxyl groups excluding tert-OH is 1. The Balaban J connectivity index is 1.76. The van der Waals surface area contributed by atoms with Gasteiger partial charge in [-0.05, 0) is 42.7 Å². The Bertz CT molecular complexity index is 1150. The molecule has 0 fully saturated rings. The molecule has 1 atom stereocenters. The van der Waals surface area contributed by atoms with E-state index < -0.39 is 12.0 Å². The molecule has 0 saturated heterocycles. The van der Waals surface area contributed by atoms with Crippen molar-refractivity contribution in [3.63, 3.8) is 0 Å². The highest BCUT2D eigenvalue weighted by Crippen LogP contribution is 2.24. The molecule has 2 N–H and O–H groups in total. The second-order valence-corrected chi connectivity index (χ2v) is 9.11. The first kappa shape index (κ1) is 27.5. The maximum atomic E-state index is 13.2. The maximum absolute atomic E-state index is 13.2. The summed E-state index contributed by atoms with van der Waals surface area (Å²) < 4.78 is 8.52. The molecular weight excluding hydrogens is 480 g/mol. The van der Waals surface area contributed by atoms with E-state index in [0.29, 0.717) is 35.2 Å². The summed E-state index contributed by atoms with van der Waals surface area (Å²) >= 11 is 6.26. The van der Waals surface area contributed by atoms with Crippen LogP contribution in [-0.4, -0.2) is 38.2 Å². The smallest absolute Gasteiger partial charge is 0.354 e. The van der Waals surface area contributed by atoms with Gasteiger partial charge in [0.25, 0.3) is 0 Å². The first-order valence-electron chi connectivity index (χ1n) is 12.4. The third-order valence-electron chi connectivity index (χ3n) is 6.21. The van der Waals surface area contributed by atoms with Gasteiger partial charge in [0.05, 0.1) is 19.4 Å². The molecule has 194 valence electrons. The van der Waals surface area contributed by atoms with Crippen LogP contribution < -0.4 is 5.32 Å². The molecule has 9 heteroatoms. The Morgan fingerprint density at radius 3 is 2.50 bits per heavy atom. The number of amides is 1. The molecule has 2 aromatic heterocycles. The summed E-state index contributed by atoms with van der Waals surface area (Å²) in [7, 11) is 1.33. The van der Waals surface area contributed by atoms with E-state index in [4.69, 9.17) is 16.3 Å². The van der Waals surface area contributed by atoms with Crippen molar-refractivity contribution in [1.82, 2.24) is 14.1 Å². The minimum absolute atomic E-state index is 0.182. The number of hydrogen-bond donors (Lipinski definition) is 2. The summed E-state index contributed by atoms with van der Waals surface area (Å²) in [5, 5.41) is 13.1. The highest BCUT2D eigenvalue weighted by atomic mass is 35.5. The third kappa shape index (κ3) is 6.56. The fourth-order valence-corrected chi connectivity index (χ4v) is 4.47. The predicted molar refractivity (Wildman–Crippen MR) is 140 cm³/mol. The number of aliphatic hydroxyl groups is 1. The Kier molecular flexibility index (Phi) is 10.1. The Morgan fingerprint density at radius 2 is 1.86 bits per heavy atom. The molecule has 0 aliphatic carbocycles. The Hall–Kier alpha value is -3.10. The average molecular weight is 515 g/mol. The van der Waals surface area contributed by atoms with Crippen molar-refractivity contribution >= 4 is 29.2 Å². The van der Waals surface area contributed by atoms with Gasteiger partial charge in [-0.25, -0.2) is 9.78 Å². The monoisotopic (exact) mass is 514 g/mol. The van der Waals surface area contributed by atoms with Gasteiger partial charge in [-0.1, -0.05) is 56.8 Å². The topological polar surface area (TPSA) is 98.4 Å². The molecule has 1 aromatic carbocycles. The third-order valence-corrected chi connectivity index (χ3v) is 6.51. The summed E-state index contributed by atoms with van der Waals surface area (Å²) in [5.74, 6) is 0.192. The van der Waals surface area contributed by atoms with Crippen LogP contribution in [0.5, 0.6) is 0 Å². The van der Waals surface area contributed by atoms with E-state index in [1.165, 1.54) is 7.11 Å². The van der Waals surface area contributed by atoms with E-state index in [2.05, 4.69) is 24.1 Å². The van der Waals surface area contributed by atoms with Gasteiger partial charge in [0, 0.05) is 24.8 Å². The molecule has 0 bridgehead atoms. The number of esters is 1. The molecule has 0 unspecified atom stereocenters. The zero-order chi connectivity index (χ0) is 26.1. The molecule has 3 aromatic rings. The molecule has 36 heavy (non-hydrogen) atoms. The number of benzene rings is 1. The first-order valence-corrected chi connectivity index (χ1v) is 12.8. The van der Waals surface area contributed by atoms with Gasteiger partial charge in [-0.2, -0.15) is 0 Å². The number of hydrogen-bond acceptors (Lipinski definition) is 5. The molecule has 2 heterocycles. The van der Waals surface area contributed by atoms with Crippen LogP contribution in [0.1, 0.15) is 79.6 Å². The number of imidazole rings is 1. The van der Waals surface area contributed by atoms with Crippen molar-refractivity contribution in [1.29, 1.82) is 0 Å². The highest BCUT2D eigenvalue weighted by Gasteiger charge is 2.24. The largest absolute Gasteiger partial charge is 0.464 e. The van der Waals surface area contributed by atoms with Crippen molar-refractivity contribution in [3.8, 4) is 0 Å². The van der Waals surface area contributed by atoms with Crippen LogP contribution in [0.2, 0.25) is 5.15 Å². The number of halogens is 1. The summed E-state index contributed by atoms with van der Waals surface area (Å²) in [6, 6.07) is 10.4. The van der Waals surface area contributed by atoms with Crippen molar-refractivity contribution < 1.29 is 19.4 Å². The van der Waals surface area contributed by atoms with E-state index >= 15 is 0 Å². The molecule has 0 aliphatic rings. The van der Waals surface area contributed by atoms with Gasteiger partial charge in [0.1, 0.15) is 17.6 Å². The number of carbonyl (C=O) groups excluding carboxylic acids is 2. The molecule has 1 amide bonds. The number of aromatic nitrogens is 3. The Labute approximate surface area is 217 Å². The number of rotatable bonds is 13. The minimum Gasteiger partial charge on any atom is -0.464 e. The standard InChI is InChI=1S/C27H35ClN4O4/c1-4-6-9-21(31-16-8-10-22(31)27(35)36-3)26(34)29-20-14-12-19(13-15-20)17-32-23(18-33)25(28)30-24(32)11-7-5-2/h8,10,12-16,21,33H,4-7,9,11,17-18H2,1-3H3,(H,29,34)/t21-/m0/s1. The molecule has 0 aliphatic heterocycles. The summed E-state index contributed by atoms with van der Waals surface area (Å²) in [6.45, 7) is 4.52. The number of carbonyl (C=O) groups is 2. The van der Waals surface area contributed by atoms with Gasteiger partial charge < -0.3 is 24.3 Å². The number of methoxy groups -OCH3 is 1. The normalized spacial score (nSPS) is 11.9. The van der Waals surface area contributed by atoms with Crippen molar-refractivity contribution in [3.05, 3.63) is 70.5 Å². The molecule has 3 rings (SSSR count). The number of anilines is 1. The number of nitrogens with one attached hydrogen (secondary N) is 1. The van der Waals surface area contributed by atoms with Crippen molar-refractivity contribution in [2.45, 2.75) is 71.6 Å². The van der Waals surface area contributed by atoms with Crippen LogP contribution in [-0.2, 0) is 29.1 Å². The lowest BCUT2D eigenvalue weighted by atomic mass is 10.1. The van der Waals surface area contributed by atoms with Crippen molar-refractivity contribution in [2.24, 2.45) is 0 Å². The lowest BCUT2D eigenvalue weighted by molar-refractivity contribution is -0.119. The first-order chi connectivity index (χ1) is 17.4. The SMILES string of the molecule is CCCCc1nc(Cl)c(CO)n1Cc1ccc(NC(=O)[C@H](CCCC)n2cccc2C(=O)OC)cc1. The number of unbranched alkanes of at least 4 members (excludes halogenated alkanes) is 2. The number of nitrogens with zero attached hydrogens (tertiary/aromatic N) is 3. The van der Waals surface area contributed by atoms with Crippen LogP contribution in [0.15, 0.2) is 42.6 Å². The van der Waals surface area contributed by atoms with E-state index in [0.717, 1.165) is 43.5 Å². The van der Waals surface area contributed by atoms with Crippen LogP contribution >= 0.6 is 11.6 Å². The molecule has 0 saturated carbocycles. The zero-order valence-corrected chi connectivity index (χ0v) is 21.9. The summed E-state index contributed by atoms with van der Waals surface area (Å²) in [4.78, 5) is 29.9. The van der Waals surface area contributed by atoms with Gasteiger partial charge >= 0.3 is 5.97 Å². The molecular formula is C27H35ClN4O4. The van der Waals surface area contributed by atoms with E-state index in [1.807, 2.05) is 28.8 Å². The zero-order valence-electron chi connectivity index (χ0n) is 21.2. The predicted octanol–water partition coefficient (Wildman–Crippen LogP) is 5.38. The van der Waals surface area contributed by atoms with Gasteiger partial charge in [0.2, 0.25) is 5.91 Å². The molecule has 8 nitrogen and oxygen atoms in total. The fourth-order valence-electron chi connectivity index (χ4n) is 4.21. The average Bonchev–Trinajstić information content (AvgIpc) is 3.48. The van der Waals surface area contributed by atoms with Gasteiger partial charge in [0.15, 0.2) is 5.15 Å². The van der Waals surface area contributed by atoms with E-state index in [-0.39, 0.29) is 12.5 Å².